The molecular weight excluding hydrogens is 236 g/mol. The van der Waals surface area contributed by atoms with Crippen LogP contribution in [0, 0.1) is 0 Å². The zero-order chi connectivity index (χ0) is 11.0. The summed E-state index contributed by atoms with van der Waals surface area (Å²) in [6.45, 7) is 0. The maximum atomic E-state index is 11.9. The summed E-state index contributed by atoms with van der Waals surface area (Å²) in [7, 11) is 0. The molecule has 78 valence electrons. The van der Waals surface area contributed by atoms with Crippen molar-refractivity contribution in [3.8, 4) is 0 Å². The van der Waals surface area contributed by atoms with Gasteiger partial charge in [-0.05, 0) is 35.4 Å². The van der Waals surface area contributed by atoms with Crippen molar-refractivity contribution in [2.45, 2.75) is 4.90 Å². The smallest absolute Gasteiger partial charge is 0.224 e. The maximum Gasteiger partial charge on any atom is 0.224 e. The Hall–Kier alpha value is -1.32. The van der Waals surface area contributed by atoms with Crippen molar-refractivity contribution in [3.63, 3.8) is 0 Å². The van der Waals surface area contributed by atoms with Crippen LogP contribution in [0.15, 0.2) is 46.7 Å². The molecule has 0 saturated heterocycles. The van der Waals surface area contributed by atoms with E-state index in [-0.39, 0.29) is 5.12 Å². The van der Waals surface area contributed by atoms with Gasteiger partial charge in [-0.1, -0.05) is 24.3 Å². The fraction of sp³-hybridized carbons (Fsp3) is 0. The standard InChI is InChI=1S/C13H8OS2/c14-13-11(8-9-4-3-7-15-9)10-5-1-2-6-12(10)16-13/h1-8H/b11-8+. The molecule has 2 heterocycles. The van der Waals surface area contributed by atoms with Gasteiger partial charge >= 0.3 is 0 Å². The van der Waals surface area contributed by atoms with Gasteiger partial charge in [-0.2, -0.15) is 0 Å². The molecular formula is C13H8OS2. The second kappa shape index (κ2) is 3.92. The molecule has 0 spiro atoms. The SMILES string of the molecule is O=C1Sc2ccccc2/C1=C\c1cccs1. The molecule has 2 aromatic rings. The number of thiophene rings is 1. The number of hydrogen-bond donors (Lipinski definition) is 0. The molecule has 0 saturated carbocycles. The normalized spacial score (nSPS) is 16.8. The molecule has 1 aliphatic rings. The molecule has 1 aromatic heterocycles. The minimum absolute atomic E-state index is 0.148. The summed E-state index contributed by atoms with van der Waals surface area (Å²) in [6.07, 6.45) is 1.98. The number of carbonyl (C=O) groups excluding carboxylic acids is 1. The van der Waals surface area contributed by atoms with Crippen molar-refractivity contribution >= 4 is 39.9 Å². The molecule has 0 radical (unpaired) electrons. The lowest BCUT2D eigenvalue weighted by Gasteiger charge is -1.96. The van der Waals surface area contributed by atoms with Gasteiger partial charge in [-0.25, -0.2) is 0 Å². The van der Waals surface area contributed by atoms with Crippen molar-refractivity contribution in [3.05, 3.63) is 52.2 Å². The average Bonchev–Trinajstić information content (AvgIpc) is 2.89. The van der Waals surface area contributed by atoms with Crippen LogP contribution in [0.4, 0.5) is 0 Å². The van der Waals surface area contributed by atoms with Crippen molar-refractivity contribution in [2.24, 2.45) is 0 Å². The summed E-state index contributed by atoms with van der Waals surface area (Å²) in [5.74, 6) is 0. The summed E-state index contributed by atoms with van der Waals surface area (Å²) in [5.41, 5.74) is 1.88. The molecule has 0 N–H and O–H groups in total. The third-order valence-corrected chi connectivity index (χ3v) is 4.23. The minimum atomic E-state index is 0.148. The lowest BCUT2D eigenvalue weighted by atomic mass is 10.1. The summed E-state index contributed by atoms with van der Waals surface area (Å²) >= 11 is 2.97. The third-order valence-electron chi connectivity index (χ3n) is 2.43. The van der Waals surface area contributed by atoms with E-state index in [1.165, 1.54) is 11.8 Å². The molecule has 1 aromatic carbocycles. The summed E-state index contributed by atoms with van der Waals surface area (Å²) in [5, 5.41) is 2.17. The van der Waals surface area contributed by atoms with Crippen molar-refractivity contribution in [1.29, 1.82) is 0 Å². The molecule has 0 fully saturated rings. The molecule has 0 atom stereocenters. The van der Waals surface area contributed by atoms with E-state index in [0.29, 0.717) is 0 Å². The number of thioether (sulfide) groups is 1. The van der Waals surface area contributed by atoms with Crippen LogP contribution in [0.2, 0.25) is 0 Å². The monoisotopic (exact) mass is 244 g/mol. The largest absolute Gasteiger partial charge is 0.281 e. The van der Waals surface area contributed by atoms with Gasteiger partial charge in [0, 0.05) is 20.9 Å². The highest BCUT2D eigenvalue weighted by Crippen LogP contribution is 2.41. The van der Waals surface area contributed by atoms with Gasteiger partial charge in [0.05, 0.1) is 0 Å². The molecule has 16 heavy (non-hydrogen) atoms. The highest BCUT2D eigenvalue weighted by atomic mass is 32.2. The number of carbonyl (C=O) groups is 1. The Labute approximate surface area is 102 Å². The fourth-order valence-electron chi connectivity index (χ4n) is 1.70. The molecule has 1 nitrogen and oxygen atoms in total. The fourth-order valence-corrected chi connectivity index (χ4v) is 3.27. The Morgan fingerprint density at radius 2 is 1.94 bits per heavy atom. The first-order valence-corrected chi connectivity index (χ1v) is 6.61. The first-order valence-electron chi connectivity index (χ1n) is 4.91. The van der Waals surface area contributed by atoms with E-state index >= 15 is 0 Å². The van der Waals surface area contributed by atoms with Gasteiger partial charge < -0.3 is 0 Å². The van der Waals surface area contributed by atoms with Crippen LogP contribution < -0.4 is 0 Å². The number of fused-ring (bicyclic) bond motifs is 1. The summed E-state index contributed by atoms with van der Waals surface area (Å²) < 4.78 is 0. The van der Waals surface area contributed by atoms with Crippen molar-refractivity contribution in [1.82, 2.24) is 0 Å². The Morgan fingerprint density at radius 3 is 2.75 bits per heavy atom. The zero-order valence-corrected chi connectivity index (χ0v) is 9.98. The molecule has 1 aliphatic heterocycles. The molecule has 0 bridgehead atoms. The molecule has 0 unspecified atom stereocenters. The van der Waals surface area contributed by atoms with Crippen LogP contribution in [-0.4, -0.2) is 5.12 Å². The molecule has 0 amide bonds. The van der Waals surface area contributed by atoms with Crippen LogP contribution >= 0.6 is 23.1 Å². The van der Waals surface area contributed by atoms with Crippen LogP contribution in [0.3, 0.4) is 0 Å². The van der Waals surface area contributed by atoms with Gasteiger partial charge in [0.1, 0.15) is 0 Å². The van der Waals surface area contributed by atoms with E-state index in [9.17, 15) is 4.79 Å². The quantitative estimate of drug-likeness (QED) is 0.707. The van der Waals surface area contributed by atoms with E-state index in [1.54, 1.807) is 11.3 Å². The molecule has 3 heteroatoms. The first kappa shape index (κ1) is 9.87. The average molecular weight is 244 g/mol. The number of rotatable bonds is 1. The van der Waals surface area contributed by atoms with E-state index in [1.807, 2.05) is 47.9 Å². The Kier molecular flexibility index (Phi) is 2.42. The summed E-state index contributed by atoms with van der Waals surface area (Å²) in [6, 6.07) is 12.0. The topological polar surface area (TPSA) is 17.1 Å². The van der Waals surface area contributed by atoms with Crippen LogP contribution in [-0.2, 0) is 4.79 Å². The van der Waals surface area contributed by atoms with E-state index < -0.39 is 0 Å². The van der Waals surface area contributed by atoms with E-state index in [0.717, 1.165) is 20.9 Å². The van der Waals surface area contributed by atoms with Gasteiger partial charge in [0.15, 0.2) is 0 Å². The Balaban J connectivity index is 2.12. The molecule has 0 aliphatic carbocycles. The minimum Gasteiger partial charge on any atom is -0.281 e. The van der Waals surface area contributed by atoms with Gasteiger partial charge in [-0.3, -0.25) is 4.79 Å². The number of hydrogen-bond acceptors (Lipinski definition) is 3. The predicted molar refractivity (Wildman–Crippen MR) is 69.5 cm³/mol. The van der Waals surface area contributed by atoms with Crippen molar-refractivity contribution < 1.29 is 4.79 Å². The lowest BCUT2D eigenvalue weighted by Crippen LogP contribution is -1.86. The second-order valence-electron chi connectivity index (χ2n) is 3.46. The summed E-state index contributed by atoms with van der Waals surface area (Å²) in [4.78, 5) is 14.0. The predicted octanol–water partition coefficient (Wildman–Crippen LogP) is 3.92. The van der Waals surface area contributed by atoms with Crippen LogP contribution in [0.5, 0.6) is 0 Å². The van der Waals surface area contributed by atoms with Crippen molar-refractivity contribution in [2.75, 3.05) is 0 Å². The highest BCUT2D eigenvalue weighted by Gasteiger charge is 2.24. The van der Waals surface area contributed by atoms with E-state index in [2.05, 4.69) is 0 Å². The van der Waals surface area contributed by atoms with Crippen LogP contribution in [0.1, 0.15) is 10.4 Å². The Bertz CT molecular complexity index is 567. The molecule has 3 rings (SSSR count). The van der Waals surface area contributed by atoms with E-state index in [4.69, 9.17) is 0 Å². The van der Waals surface area contributed by atoms with Gasteiger partial charge in [-0.15, -0.1) is 11.3 Å². The lowest BCUT2D eigenvalue weighted by molar-refractivity contribution is -0.106. The van der Waals surface area contributed by atoms with Gasteiger partial charge in [0.25, 0.3) is 0 Å². The Morgan fingerprint density at radius 1 is 1.06 bits per heavy atom. The second-order valence-corrected chi connectivity index (χ2v) is 5.45. The number of benzene rings is 1. The van der Waals surface area contributed by atoms with Crippen LogP contribution in [0.25, 0.3) is 11.6 Å². The highest BCUT2D eigenvalue weighted by molar-refractivity contribution is 8.15. The third kappa shape index (κ3) is 1.62. The zero-order valence-electron chi connectivity index (χ0n) is 8.34. The first-order chi connectivity index (χ1) is 7.84. The maximum absolute atomic E-state index is 11.9. The van der Waals surface area contributed by atoms with Gasteiger partial charge in [0.2, 0.25) is 5.12 Å².